The van der Waals surface area contributed by atoms with Crippen molar-refractivity contribution < 1.29 is 9.53 Å². The van der Waals surface area contributed by atoms with E-state index in [1.165, 1.54) is 7.11 Å². The van der Waals surface area contributed by atoms with Gasteiger partial charge in [0, 0.05) is 0 Å². The lowest BCUT2D eigenvalue weighted by Crippen LogP contribution is -2.11. The van der Waals surface area contributed by atoms with Crippen LogP contribution in [0.4, 0.5) is 0 Å². The maximum atomic E-state index is 10.9. The number of nitrogens with two attached hydrogens (primary N) is 1. The van der Waals surface area contributed by atoms with Gasteiger partial charge < -0.3 is 10.5 Å². The van der Waals surface area contributed by atoms with Crippen LogP contribution in [0.5, 0.6) is 5.75 Å². The number of amides is 1. The molecule has 13 heavy (non-hydrogen) atoms. The molecular weight excluding hydrogens is 257 g/mol. The highest BCUT2D eigenvalue weighted by molar-refractivity contribution is 9.10. The third kappa shape index (κ3) is 1.95. The van der Waals surface area contributed by atoms with Crippen LogP contribution in [-0.2, 0) is 0 Å². The summed E-state index contributed by atoms with van der Waals surface area (Å²) in [5, 5.41) is 0.346. The standard InChI is InChI=1S/C8H7BrClNO2/c1-13-5-3-2-4(8(11)12)6(9)7(5)10/h2-3H,1H3,(H2,11,12). The summed E-state index contributed by atoms with van der Waals surface area (Å²) < 4.78 is 5.41. The smallest absolute Gasteiger partial charge is 0.249 e. The Labute approximate surface area is 88.9 Å². The summed E-state index contributed by atoms with van der Waals surface area (Å²) in [7, 11) is 1.50. The maximum Gasteiger partial charge on any atom is 0.249 e. The van der Waals surface area contributed by atoms with Gasteiger partial charge >= 0.3 is 0 Å². The van der Waals surface area contributed by atoms with E-state index in [0.717, 1.165) is 0 Å². The SMILES string of the molecule is COc1ccc(C(N)=O)c(Br)c1Cl. The van der Waals surface area contributed by atoms with Crippen molar-refractivity contribution in [3.63, 3.8) is 0 Å². The number of carbonyl (C=O) groups excluding carboxylic acids is 1. The molecule has 5 heteroatoms. The number of carbonyl (C=O) groups is 1. The molecule has 0 aliphatic carbocycles. The molecule has 1 rings (SSSR count). The first kappa shape index (κ1) is 10.3. The van der Waals surface area contributed by atoms with Crippen LogP contribution in [0.2, 0.25) is 5.02 Å². The van der Waals surface area contributed by atoms with Gasteiger partial charge in [-0.15, -0.1) is 0 Å². The molecule has 0 spiro atoms. The van der Waals surface area contributed by atoms with Gasteiger partial charge in [-0.2, -0.15) is 0 Å². The van der Waals surface area contributed by atoms with E-state index in [2.05, 4.69) is 15.9 Å². The summed E-state index contributed by atoms with van der Waals surface area (Å²) in [5.41, 5.74) is 5.45. The predicted molar refractivity (Wildman–Crippen MR) is 54.2 cm³/mol. The van der Waals surface area contributed by atoms with Crippen LogP contribution in [-0.4, -0.2) is 13.0 Å². The van der Waals surface area contributed by atoms with Crippen LogP contribution in [0.25, 0.3) is 0 Å². The van der Waals surface area contributed by atoms with Gasteiger partial charge in [-0.25, -0.2) is 0 Å². The molecule has 1 amide bonds. The molecule has 1 aromatic carbocycles. The molecular formula is C8H7BrClNO2. The van der Waals surface area contributed by atoms with Crippen LogP contribution in [0.3, 0.4) is 0 Å². The Balaban J connectivity index is 3.31. The van der Waals surface area contributed by atoms with Crippen molar-refractivity contribution in [3.8, 4) is 5.75 Å². The molecule has 0 atom stereocenters. The summed E-state index contributed by atoms with van der Waals surface area (Å²) >= 11 is 9.02. The molecule has 2 N–H and O–H groups in total. The van der Waals surface area contributed by atoms with Crippen molar-refractivity contribution in [2.75, 3.05) is 7.11 Å². The second kappa shape index (κ2) is 3.98. The van der Waals surface area contributed by atoms with E-state index in [1.807, 2.05) is 0 Å². The predicted octanol–water partition coefficient (Wildman–Crippen LogP) is 2.21. The van der Waals surface area contributed by atoms with E-state index < -0.39 is 5.91 Å². The van der Waals surface area contributed by atoms with Crippen molar-refractivity contribution in [1.29, 1.82) is 0 Å². The third-order valence-corrected chi connectivity index (χ3v) is 2.96. The first-order valence-corrected chi connectivity index (χ1v) is 4.56. The van der Waals surface area contributed by atoms with E-state index in [-0.39, 0.29) is 0 Å². The van der Waals surface area contributed by atoms with Crippen LogP contribution >= 0.6 is 27.5 Å². The fraction of sp³-hybridized carbons (Fsp3) is 0.125. The molecule has 0 saturated carbocycles. The summed E-state index contributed by atoms with van der Waals surface area (Å²) in [6.07, 6.45) is 0. The van der Waals surface area contributed by atoms with Crippen LogP contribution < -0.4 is 10.5 Å². The second-order valence-corrected chi connectivity index (χ2v) is 3.48. The van der Waals surface area contributed by atoms with Crippen molar-refractivity contribution in [3.05, 3.63) is 27.2 Å². The molecule has 0 aliphatic heterocycles. The molecule has 0 unspecified atom stereocenters. The maximum absolute atomic E-state index is 10.9. The Morgan fingerprint density at radius 2 is 2.23 bits per heavy atom. The number of methoxy groups -OCH3 is 1. The number of benzene rings is 1. The molecule has 0 bridgehead atoms. The summed E-state index contributed by atoms with van der Waals surface area (Å²) in [6, 6.07) is 3.14. The van der Waals surface area contributed by atoms with E-state index in [9.17, 15) is 4.79 Å². The molecule has 0 saturated heterocycles. The van der Waals surface area contributed by atoms with Crippen molar-refractivity contribution >= 4 is 33.4 Å². The van der Waals surface area contributed by atoms with E-state index in [0.29, 0.717) is 20.8 Å². The average Bonchev–Trinajstić information content (AvgIpc) is 2.09. The Morgan fingerprint density at radius 1 is 1.62 bits per heavy atom. The monoisotopic (exact) mass is 263 g/mol. The van der Waals surface area contributed by atoms with Gasteiger partial charge in [0.15, 0.2) is 0 Å². The molecule has 0 heterocycles. The molecule has 0 fully saturated rings. The second-order valence-electron chi connectivity index (χ2n) is 2.31. The highest BCUT2D eigenvalue weighted by Gasteiger charge is 2.12. The van der Waals surface area contributed by atoms with Gasteiger partial charge in [0.25, 0.3) is 0 Å². The fourth-order valence-electron chi connectivity index (χ4n) is 0.880. The Bertz CT molecular complexity index is 354. The molecule has 0 aliphatic rings. The normalized spacial score (nSPS) is 9.77. The lowest BCUT2D eigenvalue weighted by molar-refractivity contribution is 0.0999. The van der Waals surface area contributed by atoms with Crippen molar-refractivity contribution in [1.82, 2.24) is 0 Å². The number of hydrogen-bond donors (Lipinski definition) is 1. The summed E-state index contributed by atoms with van der Waals surface area (Å²) in [5.74, 6) is -0.0324. The number of primary amides is 1. The van der Waals surface area contributed by atoms with E-state index in [4.69, 9.17) is 22.1 Å². The van der Waals surface area contributed by atoms with E-state index in [1.54, 1.807) is 12.1 Å². The minimum absolute atomic E-state index is 0.339. The number of halogens is 2. The van der Waals surface area contributed by atoms with Crippen LogP contribution in [0, 0.1) is 0 Å². The minimum Gasteiger partial charge on any atom is -0.495 e. The van der Waals surface area contributed by atoms with Gasteiger partial charge in [-0.05, 0) is 28.1 Å². The number of hydrogen-bond acceptors (Lipinski definition) is 2. The fourth-order valence-corrected chi connectivity index (χ4v) is 1.64. The Kier molecular flexibility index (Phi) is 3.17. The topological polar surface area (TPSA) is 52.3 Å². The van der Waals surface area contributed by atoms with Gasteiger partial charge in [-0.1, -0.05) is 11.6 Å². The lowest BCUT2D eigenvalue weighted by atomic mass is 10.2. The summed E-state index contributed by atoms with van der Waals surface area (Å²) in [6.45, 7) is 0. The van der Waals surface area contributed by atoms with Gasteiger partial charge in [0.05, 0.1) is 22.2 Å². The van der Waals surface area contributed by atoms with Crippen molar-refractivity contribution in [2.24, 2.45) is 5.73 Å². The highest BCUT2D eigenvalue weighted by Crippen LogP contribution is 2.34. The third-order valence-electron chi connectivity index (χ3n) is 1.53. The Morgan fingerprint density at radius 3 is 2.69 bits per heavy atom. The molecule has 3 nitrogen and oxygen atoms in total. The lowest BCUT2D eigenvalue weighted by Gasteiger charge is -2.06. The van der Waals surface area contributed by atoms with Gasteiger partial charge in [0.2, 0.25) is 5.91 Å². The summed E-state index contributed by atoms with van der Waals surface area (Å²) in [4.78, 5) is 10.9. The quantitative estimate of drug-likeness (QED) is 0.890. The first-order chi connectivity index (χ1) is 6.07. The zero-order valence-corrected chi connectivity index (χ0v) is 9.15. The highest BCUT2D eigenvalue weighted by atomic mass is 79.9. The molecule has 0 aromatic heterocycles. The van der Waals surface area contributed by atoms with Gasteiger partial charge in [0.1, 0.15) is 5.75 Å². The first-order valence-electron chi connectivity index (χ1n) is 3.39. The largest absolute Gasteiger partial charge is 0.495 e. The van der Waals surface area contributed by atoms with Crippen LogP contribution in [0.1, 0.15) is 10.4 Å². The molecule has 70 valence electrons. The van der Waals surface area contributed by atoms with E-state index >= 15 is 0 Å². The molecule has 1 aromatic rings. The van der Waals surface area contributed by atoms with Crippen molar-refractivity contribution in [2.45, 2.75) is 0 Å². The Hall–Kier alpha value is -0.740. The average molecular weight is 265 g/mol. The van der Waals surface area contributed by atoms with Crippen LogP contribution in [0.15, 0.2) is 16.6 Å². The number of ether oxygens (including phenoxy) is 1. The van der Waals surface area contributed by atoms with Gasteiger partial charge in [-0.3, -0.25) is 4.79 Å². The zero-order chi connectivity index (χ0) is 10.0. The number of rotatable bonds is 2. The zero-order valence-electron chi connectivity index (χ0n) is 6.80. The molecule has 0 radical (unpaired) electrons. The minimum atomic E-state index is -0.531.